The third-order valence-corrected chi connectivity index (χ3v) is 3.42. The van der Waals surface area contributed by atoms with Crippen LogP contribution in [0.5, 0.6) is 5.75 Å². The number of piperidine rings is 1. The van der Waals surface area contributed by atoms with Crippen LogP contribution in [-0.2, 0) is 0 Å². The molecule has 19 heavy (non-hydrogen) atoms. The number of para-hydroxylation sites is 1. The second-order valence-electron chi connectivity index (χ2n) is 4.70. The maximum absolute atomic E-state index is 9.23. The largest absolute Gasteiger partial charge is 0.488 e. The van der Waals surface area contributed by atoms with Crippen LogP contribution in [0.15, 0.2) is 30.5 Å². The normalized spacial score (nSPS) is 16.2. The van der Waals surface area contributed by atoms with Crippen molar-refractivity contribution in [2.45, 2.75) is 18.9 Å². The van der Waals surface area contributed by atoms with Crippen molar-refractivity contribution in [1.82, 2.24) is 10.3 Å². The van der Waals surface area contributed by atoms with Crippen LogP contribution >= 0.6 is 0 Å². The molecule has 0 spiro atoms. The molecule has 1 N–H and O–H groups in total. The quantitative estimate of drug-likeness (QED) is 0.891. The summed E-state index contributed by atoms with van der Waals surface area (Å²) in [6.45, 7) is 1.94. The molecule has 4 heteroatoms. The van der Waals surface area contributed by atoms with Crippen LogP contribution in [0.1, 0.15) is 18.4 Å². The van der Waals surface area contributed by atoms with Crippen LogP contribution < -0.4 is 10.1 Å². The Labute approximate surface area is 112 Å². The zero-order valence-electron chi connectivity index (χ0n) is 10.6. The lowest BCUT2D eigenvalue weighted by Gasteiger charge is -2.24. The third-order valence-electron chi connectivity index (χ3n) is 3.42. The van der Waals surface area contributed by atoms with Gasteiger partial charge in [-0.05, 0) is 38.1 Å². The average Bonchev–Trinajstić information content (AvgIpc) is 2.49. The van der Waals surface area contributed by atoms with Gasteiger partial charge in [0, 0.05) is 11.6 Å². The minimum Gasteiger partial charge on any atom is -0.488 e. The minimum absolute atomic E-state index is 0.180. The van der Waals surface area contributed by atoms with Gasteiger partial charge in [-0.25, -0.2) is 0 Å². The average molecular weight is 253 g/mol. The van der Waals surface area contributed by atoms with E-state index in [-0.39, 0.29) is 6.10 Å². The van der Waals surface area contributed by atoms with E-state index in [1.165, 1.54) is 0 Å². The molecule has 1 aliphatic heterocycles. The first kappa shape index (κ1) is 11.9. The van der Waals surface area contributed by atoms with Crippen LogP contribution in [0.4, 0.5) is 0 Å². The van der Waals surface area contributed by atoms with Gasteiger partial charge in [-0.15, -0.1) is 0 Å². The minimum atomic E-state index is 0.180. The first-order chi connectivity index (χ1) is 9.38. The Morgan fingerprint density at radius 3 is 2.84 bits per heavy atom. The Bertz CT molecular complexity index is 627. The topological polar surface area (TPSA) is 57.9 Å². The smallest absolute Gasteiger partial charge is 0.148 e. The summed E-state index contributed by atoms with van der Waals surface area (Å²) >= 11 is 0. The standard InChI is InChI=1S/C15H15N3O/c16-9-11-10-18-14-4-2-1-3-13(14)15(11)19-12-5-7-17-8-6-12/h1-4,10,12,17H,5-8H2. The van der Waals surface area contributed by atoms with Gasteiger partial charge in [0.1, 0.15) is 23.5 Å². The zero-order chi connectivity index (χ0) is 13.1. The van der Waals surface area contributed by atoms with E-state index in [9.17, 15) is 5.26 Å². The number of ether oxygens (including phenoxy) is 1. The van der Waals surface area contributed by atoms with Crippen molar-refractivity contribution < 1.29 is 4.74 Å². The number of nitrogens with one attached hydrogen (secondary N) is 1. The summed E-state index contributed by atoms with van der Waals surface area (Å²) in [5.41, 5.74) is 1.38. The highest BCUT2D eigenvalue weighted by Crippen LogP contribution is 2.29. The lowest BCUT2D eigenvalue weighted by molar-refractivity contribution is 0.164. The third kappa shape index (κ3) is 2.38. The van der Waals surface area contributed by atoms with Crippen LogP contribution in [0.25, 0.3) is 10.9 Å². The Morgan fingerprint density at radius 2 is 2.05 bits per heavy atom. The van der Waals surface area contributed by atoms with E-state index in [4.69, 9.17) is 4.74 Å². The van der Waals surface area contributed by atoms with Crippen molar-refractivity contribution in [2.24, 2.45) is 0 Å². The number of pyridine rings is 1. The number of hydrogen-bond donors (Lipinski definition) is 1. The zero-order valence-corrected chi connectivity index (χ0v) is 10.6. The van der Waals surface area contributed by atoms with E-state index in [0.29, 0.717) is 11.3 Å². The molecular weight excluding hydrogens is 238 g/mol. The molecule has 1 aromatic heterocycles. The molecule has 2 aromatic rings. The van der Waals surface area contributed by atoms with Crippen molar-refractivity contribution >= 4 is 10.9 Å². The highest BCUT2D eigenvalue weighted by atomic mass is 16.5. The van der Waals surface area contributed by atoms with Gasteiger partial charge in [0.2, 0.25) is 0 Å². The highest BCUT2D eigenvalue weighted by Gasteiger charge is 2.18. The summed E-state index contributed by atoms with van der Waals surface area (Å²) in [6, 6.07) is 9.95. The van der Waals surface area contributed by atoms with Crippen molar-refractivity contribution in [1.29, 1.82) is 5.26 Å². The Morgan fingerprint density at radius 1 is 1.26 bits per heavy atom. The number of aromatic nitrogens is 1. The number of fused-ring (bicyclic) bond motifs is 1. The van der Waals surface area contributed by atoms with Gasteiger partial charge in [0.15, 0.2) is 0 Å². The van der Waals surface area contributed by atoms with Gasteiger partial charge in [0.05, 0.1) is 5.52 Å². The van der Waals surface area contributed by atoms with Crippen LogP contribution in [-0.4, -0.2) is 24.2 Å². The van der Waals surface area contributed by atoms with Gasteiger partial charge in [0.25, 0.3) is 0 Å². The van der Waals surface area contributed by atoms with E-state index >= 15 is 0 Å². The molecule has 0 radical (unpaired) electrons. The van der Waals surface area contributed by atoms with Gasteiger partial charge < -0.3 is 10.1 Å². The number of nitriles is 1. The van der Waals surface area contributed by atoms with Crippen molar-refractivity contribution in [3.63, 3.8) is 0 Å². The fourth-order valence-corrected chi connectivity index (χ4v) is 2.40. The first-order valence-corrected chi connectivity index (χ1v) is 6.53. The molecule has 4 nitrogen and oxygen atoms in total. The first-order valence-electron chi connectivity index (χ1n) is 6.53. The summed E-state index contributed by atoms with van der Waals surface area (Å²) in [7, 11) is 0. The van der Waals surface area contributed by atoms with Gasteiger partial charge in [-0.3, -0.25) is 4.98 Å². The second kappa shape index (κ2) is 5.25. The molecule has 0 unspecified atom stereocenters. The van der Waals surface area contributed by atoms with E-state index in [1.807, 2.05) is 24.3 Å². The van der Waals surface area contributed by atoms with Crippen molar-refractivity contribution in [3.8, 4) is 11.8 Å². The van der Waals surface area contributed by atoms with E-state index < -0.39 is 0 Å². The molecular formula is C15H15N3O. The summed E-state index contributed by atoms with van der Waals surface area (Å²) in [5.74, 6) is 0.681. The fraction of sp³-hybridized carbons (Fsp3) is 0.333. The van der Waals surface area contributed by atoms with Gasteiger partial charge in [-0.2, -0.15) is 5.26 Å². The molecule has 1 aliphatic rings. The van der Waals surface area contributed by atoms with E-state index in [0.717, 1.165) is 36.8 Å². The Hall–Kier alpha value is -2.12. The predicted octanol–water partition coefficient (Wildman–Crippen LogP) is 2.24. The van der Waals surface area contributed by atoms with Crippen LogP contribution in [0.2, 0.25) is 0 Å². The van der Waals surface area contributed by atoms with E-state index in [1.54, 1.807) is 6.20 Å². The predicted molar refractivity (Wildman–Crippen MR) is 73.0 cm³/mol. The van der Waals surface area contributed by atoms with Crippen LogP contribution in [0, 0.1) is 11.3 Å². The van der Waals surface area contributed by atoms with E-state index in [2.05, 4.69) is 16.4 Å². The lowest BCUT2D eigenvalue weighted by atomic mass is 10.1. The summed E-state index contributed by atoms with van der Waals surface area (Å²) < 4.78 is 6.09. The molecule has 1 aromatic carbocycles. The SMILES string of the molecule is N#Cc1cnc2ccccc2c1OC1CCNCC1. The molecule has 0 amide bonds. The maximum atomic E-state index is 9.23. The summed E-state index contributed by atoms with van der Waals surface area (Å²) in [5, 5.41) is 13.5. The molecule has 0 bridgehead atoms. The molecule has 96 valence electrons. The molecule has 1 saturated heterocycles. The molecule has 0 aliphatic carbocycles. The van der Waals surface area contributed by atoms with Gasteiger partial charge >= 0.3 is 0 Å². The number of nitrogens with zero attached hydrogens (tertiary/aromatic N) is 2. The fourth-order valence-electron chi connectivity index (χ4n) is 2.40. The molecule has 0 saturated carbocycles. The molecule has 2 heterocycles. The Balaban J connectivity index is 2.02. The monoisotopic (exact) mass is 253 g/mol. The van der Waals surface area contributed by atoms with Gasteiger partial charge in [-0.1, -0.05) is 12.1 Å². The summed E-state index contributed by atoms with van der Waals surface area (Å²) in [4.78, 5) is 4.29. The molecule has 0 atom stereocenters. The highest BCUT2D eigenvalue weighted by molar-refractivity contribution is 5.87. The number of hydrogen-bond acceptors (Lipinski definition) is 4. The maximum Gasteiger partial charge on any atom is 0.148 e. The Kier molecular flexibility index (Phi) is 3.30. The van der Waals surface area contributed by atoms with Crippen molar-refractivity contribution in [2.75, 3.05) is 13.1 Å². The van der Waals surface area contributed by atoms with Crippen molar-refractivity contribution in [3.05, 3.63) is 36.0 Å². The number of rotatable bonds is 2. The molecule has 3 rings (SSSR count). The second-order valence-corrected chi connectivity index (χ2v) is 4.70. The van der Waals surface area contributed by atoms with Crippen LogP contribution in [0.3, 0.4) is 0 Å². The lowest BCUT2D eigenvalue weighted by Crippen LogP contribution is -2.34. The molecule has 1 fully saturated rings. The summed E-state index contributed by atoms with van der Waals surface area (Å²) in [6.07, 6.45) is 3.72. The number of benzene rings is 1.